The Balaban J connectivity index is 2.71. The minimum Gasteiger partial charge on any atom is -0.481 e. The summed E-state index contributed by atoms with van der Waals surface area (Å²) < 4.78 is 2.07. The van der Waals surface area contributed by atoms with Gasteiger partial charge in [0, 0.05) is 24.7 Å². The van der Waals surface area contributed by atoms with Gasteiger partial charge in [-0.1, -0.05) is 12.1 Å². The molecular formula is C14H18N2O2. The molecule has 0 saturated heterocycles. The molecule has 0 radical (unpaired) electrons. The highest BCUT2D eigenvalue weighted by atomic mass is 16.4. The van der Waals surface area contributed by atoms with E-state index in [9.17, 15) is 4.79 Å². The van der Waals surface area contributed by atoms with Crippen LogP contribution in [0.5, 0.6) is 0 Å². The monoisotopic (exact) mass is 246 g/mol. The zero-order chi connectivity index (χ0) is 13.3. The first kappa shape index (κ1) is 12.6. The van der Waals surface area contributed by atoms with Crippen molar-refractivity contribution in [2.75, 3.05) is 6.54 Å². The maximum absolute atomic E-state index is 10.9. The first-order valence-electron chi connectivity index (χ1n) is 6.04. The van der Waals surface area contributed by atoms with Gasteiger partial charge in [0.05, 0.1) is 11.9 Å². The van der Waals surface area contributed by atoms with Gasteiger partial charge in [-0.3, -0.25) is 4.79 Å². The summed E-state index contributed by atoms with van der Waals surface area (Å²) in [6.45, 7) is 5.31. The number of aromatic nitrogens is 1. The fourth-order valence-corrected chi connectivity index (χ4v) is 2.50. The van der Waals surface area contributed by atoms with Crippen LogP contribution < -0.4 is 5.73 Å². The van der Waals surface area contributed by atoms with Gasteiger partial charge in [-0.2, -0.15) is 0 Å². The summed E-state index contributed by atoms with van der Waals surface area (Å²) in [4.78, 5) is 10.9. The van der Waals surface area contributed by atoms with Crippen molar-refractivity contribution in [2.24, 2.45) is 5.73 Å². The van der Waals surface area contributed by atoms with Crippen molar-refractivity contribution >= 4 is 16.9 Å². The van der Waals surface area contributed by atoms with Crippen molar-refractivity contribution in [1.82, 2.24) is 4.57 Å². The molecule has 4 nitrogen and oxygen atoms in total. The fraction of sp³-hybridized carbons (Fsp3) is 0.357. The van der Waals surface area contributed by atoms with Crippen LogP contribution in [0, 0.1) is 13.8 Å². The average molecular weight is 246 g/mol. The number of aliphatic carboxylic acids is 1. The van der Waals surface area contributed by atoms with Crippen molar-refractivity contribution < 1.29 is 9.90 Å². The van der Waals surface area contributed by atoms with Crippen LogP contribution in [-0.2, 0) is 17.8 Å². The summed E-state index contributed by atoms with van der Waals surface area (Å²) in [6, 6.07) is 4.10. The Hall–Kier alpha value is -1.81. The number of rotatable bonds is 4. The molecule has 96 valence electrons. The lowest BCUT2D eigenvalue weighted by atomic mass is 10.0. The third-order valence-corrected chi connectivity index (χ3v) is 3.22. The molecule has 3 N–H and O–H groups in total. The minimum atomic E-state index is -0.803. The van der Waals surface area contributed by atoms with Gasteiger partial charge < -0.3 is 15.4 Å². The third kappa shape index (κ3) is 2.11. The molecule has 0 bridgehead atoms. The van der Waals surface area contributed by atoms with Gasteiger partial charge in [-0.25, -0.2) is 0 Å². The number of nitrogens with zero attached hydrogens (tertiary/aromatic N) is 1. The zero-order valence-corrected chi connectivity index (χ0v) is 10.7. The lowest BCUT2D eigenvalue weighted by Crippen LogP contribution is -2.09. The number of fused-ring (bicyclic) bond motifs is 1. The second-order valence-electron chi connectivity index (χ2n) is 4.63. The summed E-state index contributed by atoms with van der Waals surface area (Å²) >= 11 is 0. The van der Waals surface area contributed by atoms with Crippen LogP contribution in [0.4, 0.5) is 0 Å². The summed E-state index contributed by atoms with van der Waals surface area (Å²) in [7, 11) is 0. The lowest BCUT2D eigenvalue weighted by Gasteiger charge is -2.07. The van der Waals surface area contributed by atoms with Crippen LogP contribution in [-0.4, -0.2) is 22.2 Å². The topological polar surface area (TPSA) is 68.2 Å². The molecule has 0 aliphatic carbocycles. The molecule has 0 spiro atoms. The predicted octanol–water partition coefficient (Wildman–Crippen LogP) is 1.84. The Bertz CT molecular complexity index is 599. The Morgan fingerprint density at radius 1 is 1.33 bits per heavy atom. The number of benzene rings is 1. The highest BCUT2D eigenvalue weighted by Crippen LogP contribution is 2.28. The number of hydrogen-bond donors (Lipinski definition) is 2. The second kappa shape index (κ2) is 4.82. The van der Waals surface area contributed by atoms with E-state index in [1.807, 2.05) is 26.1 Å². The van der Waals surface area contributed by atoms with Gasteiger partial charge in [0.2, 0.25) is 0 Å². The van der Waals surface area contributed by atoms with E-state index in [0.717, 1.165) is 27.6 Å². The second-order valence-corrected chi connectivity index (χ2v) is 4.63. The molecule has 0 saturated carbocycles. The molecule has 18 heavy (non-hydrogen) atoms. The Labute approximate surface area is 106 Å². The van der Waals surface area contributed by atoms with E-state index in [-0.39, 0.29) is 6.42 Å². The van der Waals surface area contributed by atoms with Gasteiger partial charge in [0.25, 0.3) is 0 Å². The van der Waals surface area contributed by atoms with E-state index >= 15 is 0 Å². The number of carboxylic acid groups (broad SMARTS) is 1. The standard InChI is InChI=1S/C14H18N2O2/c1-9-3-4-10(2)14-13(9)11(7-12(17)18)8-16(14)6-5-15/h3-4,8H,5-7,15H2,1-2H3,(H,17,18). The van der Waals surface area contributed by atoms with Gasteiger partial charge in [0.15, 0.2) is 0 Å². The molecule has 0 aliphatic rings. The Morgan fingerprint density at radius 2 is 2.00 bits per heavy atom. The maximum Gasteiger partial charge on any atom is 0.307 e. The summed E-state index contributed by atoms with van der Waals surface area (Å²) in [5.41, 5.74) is 9.86. The summed E-state index contributed by atoms with van der Waals surface area (Å²) in [5, 5.41) is 10.1. The fourth-order valence-electron chi connectivity index (χ4n) is 2.50. The molecule has 1 heterocycles. The van der Waals surface area contributed by atoms with Crippen molar-refractivity contribution in [3.63, 3.8) is 0 Å². The predicted molar refractivity (Wildman–Crippen MR) is 71.8 cm³/mol. The number of hydrogen-bond acceptors (Lipinski definition) is 2. The van der Waals surface area contributed by atoms with Gasteiger partial charge in [-0.15, -0.1) is 0 Å². The van der Waals surface area contributed by atoms with Crippen LogP contribution in [0.2, 0.25) is 0 Å². The highest BCUT2D eigenvalue weighted by molar-refractivity contribution is 5.92. The first-order valence-corrected chi connectivity index (χ1v) is 6.04. The number of nitrogens with two attached hydrogens (primary N) is 1. The molecule has 2 rings (SSSR count). The lowest BCUT2D eigenvalue weighted by molar-refractivity contribution is -0.136. The van der Waals surface area contributed by atoms with Crippen LogP contribution in [0.15, 0.2) is 18.3 Å². The van der Waals surface area contributed by atoms with E-state index in [2.05, 4.69) is 10.6 Å². The Kier molecular flexibility index (Phi) is 3.39. The zero-order valence-electron chi connectivity index (χ0n) is 10.7. The van der Waals surface area contributed by atoms with E-state index in [0.29, 0.717) is 13.1 Å². The molecule has 0 unspecified atom stereocenters. The largest absolute Gasteiger partial charge is 0.481 e. The molecule has 0 aliphatic heterocycles. The van der Waals surface area contributed by atoms with E-state index < -0.39 is 5.97 Å². The molecule has 1 aromatic heterocycles. The third-order valence-electron chi connectivity index (χ3n) is 3.22. The average Bonchev–Trinajstić information content (AvgIpc) is 2.63. The number of carboxylic acids is 1. The first-order chi connectivity index (χ1) is 8.54. The van der Waals surface area contributed by atoms with Crippen LogP contribution in [0.1, 0.15) is 16.7 Å². The number of aryl methyl sites for hydroxylation is 2. The molecule has 4 heteroatoms. The molecule has 0 amide bonds. The maximum atomic E-state index is 10.9. The van der Waals surface area contributed by atoms with E-state index in [1.165, 1.54) is 0 Å². The summed E-state index contributed by atoms with van der Waals surface area (Å²) in [6.07, 6.45) is 1.98. The minimum absolute atomic E-state index is 0.0539. The van der Waals surface area contributed by atoms with E-state index in [4.69, 9.17) is 10.8 Å². The van der Waals surface area contributed by atoms with Crippen molar-refractivity contribution in [2.45, 2.75) is 26.8 Å². The SMILES string of the molecule is Cc1ccc(C)c2c1c(CC(=O)O)cn2CCN. The van der Waals surface area contributed by atoms with Crippen LogP contribution in [0.25, 0.3) is 10.9 Å². The Morgan fingerprint density at radius 3 is 2.61 bits per heavy atom. The van der Waals surface area contributed by atoms with Gasteiger partial charge >= 0.3 is 5.97 Å². The smallest absolute Gasteiger partial charge is 0.307 e. The molecule has 0 atom stereocenters. The molecule has 0 fully saturated rings. The van der Waals surface area contributed by atoms with Crippen molar-refractivity contribution in [3.05, 3.63) is 35.0 Å². The highest BCUT2D eigenvalue weighted by Gasteiger charge is 2.14. The molecular weight excluding hydrogens is 228 g/mol. The van der Waals surface area contributed by atoms with Gasteiger partial charge in [0.1, 0.15) is 0 Å². The van der Waals surface area contributed by atoms with Crippen molar-refractivity contribution in [1.29, 1.82) is 0 Å². The van der Waals surface area contributed by atoms with Crippen LogP contribution in [0.3, 0.4) is 0 Å². The molecule has 2 aromatic rings. The van der Waals surface area contributed by atoms with Gasteiger partial charge in [-0.05, 0) is 30.5 Å². The molecule has 1 aromatic carbocycles. The van der Waals surface area contributed by atoms with E-state index in [1.54, 1.807) is 0 Å². The quantitative estimate of drug-likeness (QED) is 0.865. The summed E-state index contributed by atoms with van der Waals surface area (Å²) in [5.74, 6) is -0.803. The van der Waals surface area contributed by atoms with Crippen LogP contribution >= 0.6 is 0 Å². The number of carbonyl (C=O) groups is 1. The van der Waals surface area contributed by atoms with Crippen molar-refractivity contribution in [3.8, 4) is 0 Å². The normalized spacial score (nSPS) is 11.1.